The number of hydrogen-bond donors (Lipinski definition) is 3. The molecule has 2 amide bonds. The van der Waals surface area contributed by atoms with Crippen molar-refractivity contribution in [3.05, 3.63) is 17.7 Å². The van der Waals surface area contributed by atoms with Crippen molar-refractivity contribution in [2.45, 2.75) is 39.4 Å². The molecule has 1 fully saturated rings. The number of carbonyl (C=O) groups excluding carboxylic acids is 2. The molecule has 168 valence electrons. The maximum Gasteiger partial charge on any atom is 0.410 e. The monoisotopic (exact) mass is 421 g/mol. The number of hydrogen-bond acceptors (Lipinski definition) is 7. The summed E-state index contributed by atoms with van der Waals surface area (Å²) in [6, 6.07) is 3.49. The van der Waals surface area contributed by atoms with Gasteiger partial charge in [0.15, 0.2) is 0 Å². The van der Waals surface area contributed by atoms with E-state index in [0.29, 0.717) is 49.7 Å². The minimum Gasteiger partial charge on any atom is -0.444 e. The van der Waals surface area contributed by atoms with Crippen molar-refractivity contribution >= 4 is 29.1 Å². The summed E-state index contributed by atoms with van der Waals surface area (Å²) < 4.78 is 5.41. The molecule has 1 aromatic rings. The van der Waals surface area contributed by atoms with E-state index in [9.17, 15) is 14.7 Å². The van der Waals surface area contributed by atoms with Crippen molar-refractivity contribution in [1.29, 1.82) is 0 Å². The molecule has 9 heteroatoms. The summed E-state index contributed by atoms with van der Waals surface area (Å²) in [4.78, 5) is 30.7. The molecule has 0 aliphatic carbocycles. The van der Waals surface area contributed by atoms with Crippen LogP contribution in [0.1, 0.15) is 38.1 Å². The van der Waals surface area contributed by atoms with E-state index >= 15 is 0 Å². The Morgan fingerprint density at radius 3 is 2.27 bits per heavy atom. The van der Waals surface area contributed by atoms with Crippen molar-refractivity contribution in [1.82, 2.24) is 9.80 Å². The minimum atomic E-state index is -0.550. The summed E-state index contributed by atoms with van der Waals surface area (Å²) in [6.07, 6.45) is -0.879. The van der Waals surface area contributed by atoms with Gasteiger partial charge in [-0.15, -0.1) is 0 Å². The Balaban J connectivity index is 2.13. The van der Waals surface area contributed by atoms with Crippen molar-refractivity contribution < 1.29 is 19.4 Å². The molecule has 0 aromatic heterocycles. The number of benzene rings is 1. The number of piperazine rings is 1. The highest BCUT2D eigenvalue weighted by molar-refractivity contribution is 6.02. The van der Waals surface area contributed by atoms with E-state index in [1.54, 1.807) is 22.8 Å². The Morgan fingerprint density at radius 2 is 1.77 bits per heavy atom. The van der Waals surface area contributed by atoms with E-state index in [1.165, 1.54) is 0 Å². The largest absolute Gasteiger partial charge is 0.444 e. The second-order valence-electron chi connectivity index (χ2n) is 8.84. The molecule has 0 radical (unpaired) electrons. The van der Waals surface area contributed by atoms with Crippen molar-refractivity contribution in [3.8, 4) is 0 Å². The Labute approximate surface area is 178 Å². The smallest absolute Gasteiger partial charge is 0.410 e. The van der Waals surface area contributed by atoms with Gasteiger partial charge in [0.2, 0.25) is 0 Å². The fourth-order valence-corrected chi connectivity index (χ4v) is 3.15. The van der Waals surface area contributed by atoms with Crippen molar-refractivity contribution in [3.63, 3.8) is 0 Å². The van der Waals surface area contributed by atoms with E-state index in [-0.39, 0.29) is 12.0 Å². The number of anilines is 3. The Morgan fingerprint density at radius 1 is 1.20 bits per heavy atom. The highest BCUT2D eigenvalue weighted by atomic mass is 16.6. The molecule has 0 unspecified atom stereocenters. The average Bonchev–Trinajstić information content (AvgIpc) is 2.64. The molecule has 1 aliphatic heterocycles. The number of carbonyl (C=O) groups is 2. The molecule has 30 heavy (non-hydrogen) atoms. The zero-order chi connectivity index (χ0) is 22.6. The standard InChI is InChI=1S/C21H35N5O4/c1-14(27)13-23-17-12-18(24(5)6)15(11-16(17)22)19(28)25-7-9-26(10-8-25)20(29)30-21(2,3)4/h11-12,14,23,27H,7-10,13,22H2,1-6H3/t14-/m0/s1. The van der Waals surface area contributed by atoms with Gasteiger partial charge in [-0.1, -0.05) is 0 Å². The topological polar surface area (TPSA) is 111 Å². The number of aliphatic hydroxyl groups is 1. The van der Waals surface area contributed by atoms with Crippen molar-refractivity contribution in [2.75, 3.05) is 62.8 Å². The lowest BCUT2D eigenvalue weighted by molar-refractivity contribution is 0.0141. The Bertz CT molecular complexity index is 765. The third-order valence-corrected chi connectivity index (χ3v) is 4.69. The van der Waals surface area contributed by atoms with E-state index in [4.69, 9.17) is 10.5 Å². The van der Waals surface area contributed by atoms with Crippen LogP contribution < -0.4 is 16.0 Å². The lowest BCUT2D eigenvalue weighted by atomic mass is 10.1. The summed E-state index contributed by atoms with van der Waals surface area (Å²) in [6.45, 7) is 9.22. The molecule has 0 saturated carbocycles. The second-order valence-corrected chi connectivity index (χ2v) is 8.84. The predicted octanol–water partition coefficient (Wildman–Crippen LogP) is 1.82. The third kappa shape index (κ3) is 6.16. The Hall–Kier alpha value is -2.68. The summed E-state index contributed by atoms with van der Waals surface area (Å²) in [5.74, 6) is -0.128. The van der Waals surface area contributed by atoms with E-state index < -0.39 is 11.7 Å². The first-order valence-electron chi connectivity index (χ1n) is 10.2. The molecule has 1 heterocycles. The maximum atomic E-state index is 13.2. The summed E-state index contributed by atoms with van der Waals surface area (Å²) >= 11 is 0. The molecular weight excluding hydrogens is 386 g/mol. The highest BCUT2D eigenvalue weighted by Gasteiger charge is 2.29. The Kier molecular flexibility index (Phi) is 7.41. The van der Waals surface area contributed by atoms with Crippen LogP contribution in [0.4, 0.5) is 21.9 Å². The molecule has 1 aromatic carbocycles. The molecule has 1 saturated heterocycles. The first-order chi connectivity index (χ1) is 13.9. The number of nitrogens with two attached hydrogens (primary N) is 1. The van der Waals surface area contributed by atoms with Crippen LogP contribution in [0.5, 0.6) is 0 Å². The zero-order valence-corrected chi connectivity index (χ0v) is 18.9. The number of aliphatic hydroxyl groups excluding tert-OH is 1. The van der Waals surface area contributed by atoms with Crippen LogP contribution in [0.15, 0.2) is 12.1 Å². The van der Waals surface area contributed by atoms with Crippen LogP contribution in [-0.4, -0.2) is 85.4 Å². The molecule has 4 N–H and O–H groups in total. The van der Waals surface area contributed by atoms with E-state index in [0.717, 1.165) is 5.69 Å². The van der Waals surface area contributed by atoms with Gasteiger partial charge in [-0.2, -0.15) is 0 Å². The van der Waals surface area contributed by atoms with Gasteiger partial charge < -0.3 is 35.6 Å². The van der Waals surface area contributed by atoms with Gasteiger partial charge in [0.25, 0.3) is 5.91 Å². The van der Waals surface area contributed by atoms with Gasteiger partial charge in [0, 0.05) is 46.8 Å². The SMILES string of the molecule is C[C@H](O)CNc1cc(N(C)C)c(C(=O)N2CCN(C(=O)OC(C)(C)C)CC2)cc1N. The fraction of sp³-hybridized carbons (Fsp3) is 0.619. The van der Waals surface area contributed by atoms with Crippen LogP contribution in [0.3, 0.4) is 0 Å². The minimum absolute atomic E-state index is 0.128. The number of nitrogens with zero attached hydrogens (tertiary/aromatic N) is 3. The molecule has 1 aliphatic rings. The number of nitrogen functional groups attached to an aromatic ring is 1. The molecular formula is C21H35N5O4. The molecule has 2 rings (SSSR count). The predicted molar refractivity (Wildman–Crippen MR) is 119 cm³/mol. The fourth-order valence-electron chi connectivity index (χ4n) is 3.15. The van der Waals surface area contributed by atoms with Gasteiger partial charge in [0.1, 0.15) is 5.60 Å². The summed E-state index contributed by atoms with van der Waals surface area (Å²) in [5, 5.41) is 12.6. The number of ether oxygens (including phenoxy) is 1. The van der Waals surface area contributed by atoms with E-state index in [1.807, 2.05) is 45.8 Å². The average molecular weight is 422 g/mol. The summed E-state index contributed by atoms with van der Waals surface area (Å²) in [7, 11) is 3.72. The number of amides is 2. The van der Waals surface area contributed by atoms with Crippen LogP contribution >= 0.6 is 0 Å². The number of rotatable bonds is 5. The van der Waals surface area contributed by atoms with Gasteiger partial charge >= 0.3 is 6.09 Å². The van der Waals surface area contributed by atoms with Crippen LogP contribution in [0.2, 0.25) is 0 Å². The second kappa shape index (κ2) is 9.42. The highest BCUT2D eigenvalue weighted by Crippen LogP contribution is 2.30. The first-order valence-corrected chi connectivity index (χ1v) is 10.2. The van der Waals surface area contributed by atoms with Crippen LogP contribution in [0.25, 0.3) is 0 Å². The maximum absolute atomic E-state index is 13.2. The van der Waals surface area contributed by atoms with E-state index in [2.05, 4.69) is 5.32 Å². The van der Waals surface area contributed by atoms with Gasteiger partial charge in [-0.05, 0) is 39.8 Å². The summed E-state index contributed by atoms with van der Waals surface area (Å²) in [5.41, 5.74) is 7.96. The molecule has 0 bridgehead atoms. The quantitative estimate of drug-likeness (QED) is 0.622. The van der Waals surface area contributed by atoms with Gasteiger partial charge in [0.05, 0.1) is 28.7 Å². The normalized spacial score (nSPS) is 15.6. The molecule has 9 nitrogen and oxygen atoms in total. The van der Waals surface area contributed by atoms with Crippen molar-refractivity contribution in [2.24, 2.45) is 0 Å². The first kappa shape index (κ1) is 23.6. The molecule has 0 spiro atoms. The molecule has 1 atom stereocenters. The van der Waals surface area contributed by atoms with Gasteiger partial charge in [-0.25, -0.2) is 4.79 Å². The van der Waals surface area contributed by atoms with Crippen LogP contribution in [-0.2, 0) is 4.74 Å². The lowest BCUT2D eigenvalue weighted by Crippen LogP contribution is -2.51. The van der Waals surface area contributed by atoms with Gasteiger partial charge in [-0.3, -0.25) is 4.79 Å². The number of nitrogens with one attached hydrogen (secondary N) is 1. The zero-order valence-electron chi connectivity index (χ0n) is 18.9. The third-order valence-electron chi connectivity index (χ3n) is 4.69. The van der Waals surface area contributed by atoms with Crippen LogP contribution in [0, 0.1) is 0 Å². The lowest BCUT2D eigenvalue weighted by Gasteiger charge is -2.36.